The van der Waals surface area contributed by atoms with E-state index in [1.54, 1.807) is 0 Å². The van der Waals surface area contributed by atoms with Crippen molar-refractivity contribution in [3.63, 3.8) is 0 Å². The van der Waals surface area contributed by atoms with Crippen LogP contribution in [0, 0.1) is 17.8 Å². The summed E-state index contributed by atoms with van der Waals surface area (Å²) in [7, 11) is 0. The second-order valence-electron chi connectivity index (χ2n) is 18.8. The zero-order valence-electron chi connectivity index (χ0n) is 35.8. The highest BCUT2D eigenvalue weighted by Crippen LogP contribution is 2.45. The van der Waals surface area contributed by atoms with Crippen LogP contribution in [0.3, 0.4) is 0 Å². The fourth-order valence-corrected chi connectivity index (χ4v) is 10.4. The molecule has 7 aliphatic rings. The Bertz CT molecular complexity index is 1530. The van der Waals surface area contributed by atoms with E-state index in [2.05, 4.69) is 0 Å². The fourth-order valence-electron chi connectivity index (χ4n) is 10.4. The van der Waals surface area contributed by atoms with Gasteiger partial charge in [0.2, 0.25) is 0 Å². The number of hydrogen-bond donors (Lipinski definition) is 14. The lowest BCUT2D eigenvalue weighted by molar-refractivity contribution is -0.380. The zero-order valence-corrected chi connectivity index (χ0v) is 35.8. The summed E-state index contributed by atoms with van der Waals surface area (Å²) in [6.45, 7) is -2.12. The van der Waals surface area contributed by atoms with Gasteiger partial charge in [0.1, 0.15) is 79.9 Å². The largest absolute Gasteiger partial charge is 0.460 e. The van der Waals surface area contributed by atoms with E-state index in [0.717, 1.165) is 6.08 Å². The molecule has 0 bridgehead atoms. The molecule has 24 atom stereocenters. The number of carbonyl (C=O) groups is 1. The first-order chi connectivity index (χ1) is 31.0. The van der Waals surface area contributed by atoms with E-state index in [9.17, 15) is 76.3 Å². The van der Waals surface area contributed by atoms with E-state index in [-0.39, 0.29) is 37.5 Å². The van der Waals surface area contributed by atoms with Crippen molar-refractivity contribution in [1.29, 1.82) is 0 Å². The van der Waals surface area contributed by atoms with E-state index in [1.165, 1.54) is 6.08 Å². The standard InChI is InChI=1S/C42H68O23/c43-13-26-30(50)33(53)36(56)40(62-26)60-24-11-19(46)10-23-20(24)12-25(38(59-23)17-3-5-18(45)6-4-17)61-42-39(35(55)31(51)27(14-44)63-42)65-41-37(57)34(54)32(52)28(64-41)15-58-29(49)8-2-16-1-7-21(47)22(48)9-16/h2,8,16-28,30-48,50-57H,1,3-7,9-15H2. The Morgan fingerprint density at radius 1 is 0.523 bits per heavy atom. The Labute approximate surface area is 374 Å². The van der Waals surface area contributed by atoms with Crippen LogP contribution in [-0.4, -0.2) is 238 Å². The molecule has 0 aromatic heterocycles. The minimum atomic E-state index is -1.97. The number of fused-ring (bicyclic) bond motifs is 1. The van der Waals surface area contributed by atoms with Crippen molar-refractivity contribution >= 4 is 5.97 Å². The Balaban J connectivity index is 1.09. The molecule has 0 aromatic rings. The van der Waals surface area contributed by atoms with Crippen molar-refractivity contribution in [1.82, 2.24) is 0 Å². The summed E-state index contributed by atoms with van der Waals surface area (Å²) in [5, 5.41) is 148. The van der Waals surface area contributed by atoms with Gasteiger partial charge < -0.3 is 109 Å². The minimum Gasteiger partial charge on any atom is -0.460 e. The summed E-state index contributed by atoms with van der Waals surface area (Å²) in [5.41, 5.74) is 0. The molecule has 7 rings (SSSR count). The lowest BCUT2D eigenvalue weighted by atomic mass is 9.73. The molecule has 7 fully saturated rings. The van der Waals surface area contributed by atoms with Crippen LogP contribution in [-0.2, 0) is 42.7 Å². The van der Waals surface area contributed by atoms with Gasteiger partial charge in [0, 0.05) is 18.4 Å². The Kier molecular flexibility index (Phi) is 17.7. The molecular formula is C42H68O23. The molecule has 0 aromatic carbocycles. The van der Waals surface area contributed by atoms with Gasteiger partial charge in [0.25, 0.3) is 0 Å². The van der Waals surface area contributed by atoms with Crippen LogP contribution in [0.25, 0.3) is 0 Å². The van der Waals surface area contributed by atoms with Crippen LogP contribution in [0.1, 0.15) is 64.2 Å². The van der Waals surface area contributed by atoms with Crippen molar-refractivity contribution in [2.75, 3.05) is 19.8 Å². The highest BCUT2D eigenvalue weighted by atomic mass is 16.8. The minimum absolute atomic E-state index is 0.0171. The van der Waals surface area contributed by atoms with E-state index < -0.39 is 173 Å². The molecule has 3 aliphatic carbocycles. The first kappa shape index (κ1) is 51.2. The van der Waals surface area contributed by atoms with E-state index >= 15 is 0 Å². The summed E-state index contributed by atoms with van der Waals surface area (Å²) in [4.78, 5) is 12.6. The highest BCUT2D eigenvalue weighted by Gasteiger charge is 2.56. The fraction of sp³-hybridized carbons (Fsp3) is 0.929. The number of ether oxygens (including phenoxy) is 8. The van der Waals surface area contributed by atoms with Gasteiger partial charge in [-0.25, -0.2) is 4.79 Å². The molecule has 24 unspecified atom stereocenters. The van der Waals surface area contributed by atoms with Crippen molar-refractivity contribution in [2.45, 2.75) is 205 Å². The topological polar surface area (TPSA) is 374 Å². The van der Waals surface area contributed by atoms with Crippen LogP contribution in [0.5, 0.6) is 0 Å². The molecule has 3 saturated carbocycles. The predicted molar refractivity (Wildman–Crippen MR) is 212 cm³/mol. The SMILES string of the molecule is O=C(C=CC1CCC(O)C(O)C1)OCC1OC(OC2C(OC3CC4C(OC5OC(CO)C(O)C(O)C5O)CC(O)CC4OC3C3CCC(O)CC3)OC(CO)C(O)C2O)C(O)C(O)C1O. The van der Waals surface area contributed by atoms with Gasteiger partial charge in [-0.3, -0.25) is 0 Å². The quantitative estimate of drug-likeness (QED) is 0.0604. The van der Waals surface area contributed by atoms with Crippen LogP contribution in [0.2, 0.25) is 0 Å². The maximum atomic E-state index is 12.6. The lowest BCUT2D eigenvalue weighted by Crippen LogP contribution is -2.66. The van der Waals surface area contributed by atoms with E-state index in [1.807, 2.05) is 0 Å². The van der Waals surface area contributed by atoms with Crippen LogP contribution < -0.4 is 0 Å². The second-order valence-corrected chi connectivity index (χ2v) is 18.8. The van der Waals surface area contributed by atoms with E-state index in [0.29, 0.717) is 38.5 Å². The number of allylic oxidation sites excluding steroid dienone is 1. The summed E-state index contributed by atoms with van der Waals surface area (Å²) in [5.74, 6) is -1.87. The normalized spacial score (nSPS) is 51.0. The molecule has 4 saturated heterocycles. The number of carbonyl (C=O) groups excluding carboxylic acids is 1. The van der Waals surface area contributed by atoms with Gasteiger partial charge in [0.05, 0.1) is 62.0 Å². The second kappa shape index (κ2) is 22.4. The lowest BCUT2D eigenvalue weighted by Gasteiger charge is -2.52. The van der Waals surface area contributed by atoms with Gasteiger partial charge in [0.15, 0.2) is 18.9 Å². The van der Waals surface area contributed by atoms with Crippen molar-refractivity contribution in [3.8, 4) is 0 Å². The molecule has 0 amide bonds. The third-order valence-electron chi connectivity index (χ3n) is 14.3. The zero-order chi connectivity index (χ0) is 46.9. The average molecular weight is 941 g/mol. The van der Waals surface area contributed by atoms with Crippen LogP contribution in [0.15, 0.2) is 12.2 Å². The summed E-state index contributed by atoms with van der Waals surface area (Å²) >= 11 is 0. The smallest absolute Gasteiger partial charge is 0.330 e. The Hall–Kier alpha value is -1.63. The van der Waals surface area contributed by atoms with Gasteiger partial charge >= 0.3 is 5.97 Å². The Morgan fingerprint density at radius 2 is 1.11 bits per heavy atom. The van der Waals surface area contributed by atoms with Crippen molar-refractivity contribution in [3.05, 3.63) is 12.2 Å². The number of hydrogen-bond acceptors (Lipinski definition) is 23. The number of esters is 1. The molecule has 4 aliphatic heterocycles. The summed E-state index contributed by atoms with van der Waals surface area (Å²) in [6.07, 6.45) is -26.0. The molecule has 4 heterocycles. The molecule has 0 radical (unpaired) electrons. The summed E-state index contributed by atoms with van der Waals surface area (Å²) in [6, 6.07) is 0. The number of rotatable bonds is 13. The Morgan fingerprint density at radius 3 is 1.75 bits per heavy atom. The molecule has 374 valence electrons. The number of aliphatic hydroxyl groups is 14. The van der Waals surface area contributed by atoms with Crippen LogP contribution in [0.4, 0.5) is 0 Å². The third-order valence-corrected chi connectivity index (χ3v) is 14.3. The maximum absolute atomic E-state index is 12.6. The molecular weight excluding hydrogens is 872 g/mol. The maximum Gasteiger partial charge on any atom is 0.330 e. The van der Waals surface area contributed by atoms with Gasteiger partial charge in [-0.15, -0.1) is 0 Å². The average Bonchev–Trinajstić information content (AvgIpc) is 3.29. The predicted octanol–water partition coefficient (Wildman–Crippen LogP) is -5.71. The van der Waals surface area contributed by atoms with Gasteiger partial charge in [-0.2, -0.15) is 0 Å². The highest BCUT2D eigenvalue weighted by molar-refractivity contribution is 5.81. The van der Waals surface area contributed by atoms with Crippen LogP contribution >= 0.6 is 0 Å². The van der Waals surface area contributed by atoms with Gasteiger partial charge in [-0.05, 0) is 69.6 Å². The molecule has 23 heteroatoms. The summed E-state index contributed by atoms with van der Waals surface area (Å²) < 4.78 is 48.3. The monoisotopic (exact) mass is 940 g/mol. The first-order valence-corrected chi connectivity index (χ1v) is 22.8. The van der Waals surface area contributed by atoms with Crippen molar-refractivity contribution in [2.24, 2.45) is 17.8 Å². The molecule has 23 nitrogen and oxygen atoms in total. The molecule has 14 N–H and O–H groups in total. The van der Waals surface area contributed by atoms with Gasteiger partial charge in [-0.1, -0.05) is 6.08 Å². The third kappa shape index (κ3) is 11.7. The van der Waals surface area contributed by atoms with E-state index in [4.69, 9.17) is 37.9 Å². The molecule has 65 heavy (non-hydrogen) atoms. The molecule has 0 spiro atoms. The number of aliphatic hydroxyl groups excluding tert-OH is 14. The first-order valence-electron chi connectivity index (χ1n) is 22.8. The van der Waals surface area contributed by atoms with Crippen molar-refractivity contribution < 1.29 is 114 Å².